The third-order valence-corrected chi connectivity index (χ3v) is 6.09. The molecule has 0 spiro atoms. The first-order valence-electron chi connectivity index (χ1n) is 10.0. The monoisotopic (exact) mass is 461 g/mol. The molecular formula is C23H22F3N3O2S. The van der Waals surface area contributed by atoms with Gasteiger partial charge in [0.2, 0.25) is 0 Å². The van der Waals surface area contributed by atoms with Crippen LogP contribution < -0.4 is 10.2 Å². The zero-order valence-electron chi connectivity index (χ0n) is 17.1. The Balaban J connectivity index is 0.000000360. The lowest BCUT2D eigenvalue weighted by Crippen LogP contribution is -2.43. The van der Waals surface area contributed by atoms with Crippen molar-refractivity contribution in [1.29, 1.82) is 5.26 Å². The molecule has 1 aliphatic rings. The first-order valence-corrected chi connectivity index (χ1v) is 10.9. The molecule has 168 valence electrons. The maximum Gasteiger partial charge on any atom is 0.490 e. The molecule has 1 aliphatic heterocycles. The molecule has 0 saturated carbocycles. The fourth-order valence-corrected chi connectivity index (χ4v) is 4.33. The van der Waals surface area contributed by atoms with Crippen LogP contribution in [0.15, 0.2) is 53.9 Å². The zero-order chi connectivity index (χ0) is 23.1. The molecule has 0 radical (unpaired) electrons. The molecule has 2 heterocycles. The fourth-order valence-electron chi connectivity index (χ4n) is 3.56. The molecule has 0 unspecified atom stereocenters. The van der Waals surface area contributed by atoms with Crippen LogP contribution in [0.25, 0.3) is 10.1 Å². The van der Waals surface area contributed by atoms with Crippen LogP contribution >= 0.6 is 11.3 Å². The second kappa shape index (κ2) is 10.5. The number of thiophene rings is 1. The Bertz CT molecular complexity index is 1080. The lowest BCUT2D eigenvalue weighted by molar-refractivity contribution is -0.192. The van der Waals surface area contributed by atoms with Gasteiger partial charge in [0.05, 0.1) is 11.6 Å². The van der Waals surface area contributed by atoms with E-state index in [0.29, 0.717) is 6.04 Å². The first-order chi connectivity index (χ1) is 15.3. The highest BCUT2D eigenvalue weighted by atomic mass is 32.1. The van der Waals surface area contributed by atoms with Gasteiger partial charge in [-0.25, -0.2) is 4.79 Å². The van der Waals surface area contributed by atoms with Gasteiger partial charge in [0, 0.05) is 23.0 Å². The summed E-state index contributed by atoms with van der Waals surface area (Å²) in [7, 11) is 0. The Morgan fingerprint density at radius 2 is 1.81 bits per heavy atom. The van der Waals surface area contributed by atoms with E-state index in [1.807, 2.05) is 12.1 Å². The summed E-state index contributed by atoms with van der Waals surface area (Å²) in [6, 6.07) is 19.7. The summed E-state index contributed by atoms with van der Waals surface area (Å²) in [4.78, 5) is 11.4. The van der Waals surface area contributed by atoms with Gasteiger partial charge in [-0.3, -0.25) is 0 Å². The Morgan fingerprint density at radius 1 is 1.16 bits per heavy atom. The van der Waals surface area contributed by atoms with E-state index in [2.05, 4.69) is 58.1 Å². The van der Waals surface area contributed by atoms with Crippen LogP contribution in [-0.2, 0) is 11.3 Å². The van der Waals surface area contributed by atoms with Crippen molar-refractivity contribution in [2.24, 2.45) is 0 Å². The van der Waals surface area contributed by atoms with Crippen molar-refractivity contribution in [3.8, 4) is 6.07 Å². The van der Waals surface area contributed by atoms with E-state index in [1.54, 1.807) is 11.3 Å². The minimum Gasteiger partial charge on any atom is -0.475 e. The van der Waals surface area contributed by atoms with E-state index in [-0.39, 0.29) is 0 Å². The number of alkyl halides is 3. The van der Waals surface area contributed by atoms with Crippen LogP contribution in [0.4, 0.5) is 18.9 Å². The molecule has 0 atom stereocenters. The number of nitrogens with zero attached hydrogens (tertiary/aromatic N) is 2. The minimum atomic E-state index is -5.08. The second-order valence-corrected chi connectivity index (χ2v) is 8.31. The van der Waals surface area contributed by atoms with Gasteiger partial charge in [-0.1, -0.05) is 12.1 Å². The lowest BCUT2D eigenvalue weighted by Gasteiger charge is -2.36. The maximum atomic E-state index is 10.6. The standard InChI is InChI=1S/C21H21N3S.C2HF3O2/c22-14-16-1-3-17(4-2-16)15-24(19-7-10-23-11-8-19)20-5-6-21-18(13-20)9-12-25-21;3-2(4,5)1(6)7/h1-6,9,12-13,19,23H,7-8,10-11,15H2;(H,6,7). The summed E-state index contributed by atoms with van der Waals surface area (Å²) < 4.78 is 33.1. The van der Waals surface area contributed by atoms with Gasteiger partial charge in [0.15, 0.2) is 0 Å². The van der Waals surface area contributed by atoms with Gasteiger partial charge in [-0.05, 0) is 78.7 Å². The van der Waals surface area contributed by atoms with Crippen molar-refractivity contribution in [2.45, 2.75) is 31.6 Å². The predicted molar refractivity (Wildman–Crippen MR) is 119 cm³/mol. The third-order valence-electron chi connectivity index (χ3n) is 5.20. The fraction of sp³-hybridized carbons (Fsp3) is 0.304. The van der Waals surface area contributed by atoms with Crippen LogP contribution in [0, 0.1) is 11.3 Å². The van der Waals surface area contributed by atoms with Gasteiger partial charge < -0.3 is 15.3 Å². The normalized spacial score (nSPS) is 14.3. The Kier molecular flexibility index (Phi) is 7.72. The summed E-state index contributed by atoms with van der Waals surface area (Å²) >= 11 is 1.79. The second-order valence-electron chi connectivity index (χ2n) is 7.36. The molecule has 1 fully saturated rings. The number of halogens is 3. The average Bonchev–Trinajstić information content (AvgIpc) is 3.26. The van der Waals surface area contributed by atoms with Crippen molar-refractivity contribution in [2.75, 3.05) is 18.0 Å². The number of rotatable bonds is 4. The highest BCUT2D eigenvalue weighted by molar-refractivity contribution is 7.17. The van der Waals surface area contributed by atoms with E-state index in [0.717, 1.165) is 38.0 Å². The summed E-state index contributed by atoms with van der Waals surface area (Å²) in [6.45, 7) is 3.04. The van der Waals surface area contributed by atoms with E-state index in [4.69, 9.17) is 15.2 Å². The number of aliphatic carboxylic acids is 1. The topological polar surface area (TPSA) is 76.4 Å². The number of carbonyl (C=O) groups is 1. The zero-order valence-corrected chi connectivity index (χ0v) is 17.9. The number of benzene rings is 2. The largest absolute Gasteiger partial charge is 0.490 e. The van der Waals surface area contributed by atoms with Crippen LogP contribution in [-0.4, -0.2) is 36.4 Å². The van der Waals surface area contributed by atoms with E-state index in [9.17, 15) is 13.2 Å². The van der Waals surface area contributed by atoms with E-state index >= 15 is 0 Å². The number of nitrogens with one attached hydrogen (secondary N) is 1. The predicted octanol–water partition coefficient (Wildman–Crippen LogP) is 5.16. The number of piperidine rings is 1. The summed E-state index contributed by atoms with van der Waals surface area (Å²) in [6.07, 6.45) is -2.75. The van der Waals surface area contributed by atoms with Crippen molar-refractivity contribution in [3.63, 3.8) is 0 Å². The molecule has 0 aliphatic carbocycles. The van der Waals surface area contributed by atoms with Gasteiger partial charge in [0.1, 0.15) is 0 Å². The number of hydrogen-bond acceptors (Lipinski definition) is 5. The smallest absolute Gasteiger partial charge is 0.475 e. The number of nitriles is 1. The summed E-state index contributed by atoms with van der Waals surface area (Å²) in [5.41, 5.74) is 3.27. The Morgan fingerprint density at radius 3 is 2.41 bits per heavy atom. The van der Waals surface area contributed by atoms with Crippen molar-refractivity contribution in [1.82, 2.24) is 5.32 Å². The molecule has 3 aromatic rings. The van der Waals surface area contributed by atoms with Crippen molar-refractivity contribution < 1.29 is 23.1 Å². The molecular weight excluding hydrogens is 439 g/mol. The Labute approximate surface area is 187 Å². The number of carboxylic acids is 1. The van der Waals surface area contributed by atoms with Crippen molar-refractivity contribution in [3.05, 3.63) is 65.0 Å². The van der Waals surface area contributed by atoms with Gasteiger partial charge in [-0.15, -0.1) is 11.3 Å². The molecule has 1 aromatic heterocycles. The van der Waals surface area contributed by atoms with Gasteiger partial charge in [-0.2, -0.15) is 18.4 Å². The van der Waals surface area contributed by atoms with Crippen LogP contribution in [0.5, 0.6) is 0 Å². The van der Waals surface area contributed by atoms with Gasteiger partial charge >= 0.3 is 12.1 Å². The summed E-state index contributed by atoms with van der Waals surface area (Å²) in [5, 5.41) is 23.1. The Hall–Kier alpha value is -3.09. The number of hydrogen-bond donors (Lipinski definition) is 2. The van der Waals surface area contributed by atoms with Crippen LogP contribution in [0.3, 0.4) is 0 Å². The maximum absolute atomic E-state index is 10.6. The molecule has 0 amide bonds. The number of fused-ring (bicyclic) bond motifs is 1. The highest BCUT2D eigenvalue weighted by Crippen LogP contribution is 2.30. The molecule has 32 heavy (non-hydrogen) atoms. The third kappa shape index (κ3) is 6.22. The molecule has 9 heteroatoms. The molecule has 5 nitrogen and oxygen atoms in total. The minimum absolute atomic E-state index is 0.549. The first kappa shape index (κ1) is 23.6. The highest BCUT2D eigenvalue weighted by Gasteiger charge is 2.38. The summed E-state index contributed by atoms with van der Waals surface area (Å²) in [5.74, 6) is -2.76. The molecule has 1 saturated heterocycles. The molecule has 4 rings (SSSR count). The SMILES string of the molecule is N#Cc1ccc(CN(c2ccc3sccc3c2)C2CCNCC2)cc1.O=C(O)C(F)(F)F. The van der Waals surface area contributed by atoms with Crippen molar-refractivity contribution >= 4 is 33.1 Å². The lowest BCUT2D eigenvalue weighted by atomic mass is 10.0. The average molecular weight is 462 g/mol. The van der Waals surface area contributed by atoms with E-state index in [1.165, 1.54) is 21.3 Å². The molecule has 2 N–H and O–H groups in total. The van der Waals surface area contributed by atoms with Gasteiger partial charge in [0.25, 0.3) is 0 Å². The molecule has 2 aromatic carbocycles. The van der Waals surface area contributed by atoms with E-state index < -0.39 is 12.1 Å². The molecule has 0 bridgehead atoms. The number of anilines is 1. The quantitative estimate of drug-likeness (QED) is 0.561. The number of carboxylic acid groups (broad SMARTS) is 1. The van der Waals surface area contributed by atoms with Crippen LogP contribution in [0.1, 0.15) is 24.0 Å². The van der Waals surface area contributed by atoms with Crippen LogP contribution in [0.2, 0.25) is 0 Å².